The van der Waals surface area contributed by atoms with E-state index in [1.54, 1.807) is 12.2 Å². The number of carbonyl (C=O) groups excluding carboxylic acids is 1. The minimum atomic E-state index is -0.326. The van der Waals surface area contributed by atoms with E-state index in [9.17, 15) is 4.79 Å². The highest BCUT2D eigenvalue weighted by atomic mass is 16.5. The van der Waals surface area contributed by atoms with Crippen molar-refractivity contribution in [3.63, 3.8) is 0 Å². The number of unbranched alkanes of at least 4 members (excludes halogenated alkanes) is 2. The number of benzene rings is 2. The lowest BCUT2D eigenvalue weighted by molar-refractivity contribution is -0.132. The van der Waals surface area contributed by atoms with Crippen molar-refractivity contribution in [1.29, 1.82) is 0 Å². The Morgan fingerprint density at radius 3 is 2.08 bits per heavy atom. The third-order valence-corrected chi connectivity index (χ3v) is 3.29. The molecule has 0 amide bonds. The fourth-order valence-corrected chi connectivity index (χ4v) is 1.93. The first-order valence-electron chi connectivity index (χ1n) is 8.70. The maximum Gasteiger partial charge on any atom is 0.335 e. The molecule has 136 valence electrons. The third kappa shape index (κ3) is 10.7. The lowest BCUT2D eigenvalue weighted by Crippen LogP contribution is -1.93. The molecule has 0 spiro atoms. The largest absolute Gasteiger partial charge is 0.516 e. The predicted octanol–water partition coefficient (Wildman–Crippen LogP) is 6.16. The monoisotopic (exact) mass is 350 g/mol. The van der Waals surface area contributed by atoms with Crippen molar-refractivity contribution in [3.05, 3.63) is 96.5 Å². The first-order chi connectivity index (χ1) is 12.8. The number of hydrogen-bond donors (Lipinski definition) is 1. The zero-order valence-electron chi connectivity index (χ0n) is 15.1. The normalized spacial score (nSPS) is 10.8. The number of esters is 1. The average Bonchev–Trinajstić information content (AvgIpc) is 2.68. The summed E-state index contributed by atoms with van der Waals surface area (Å²) in [7, 11) is 0. The molecular formula is C23H26O3. The minimum Gasteiger partial charge on any atom is -0.516 e. The molecule has 3 nitrogen and oxygen atoms in total. The Bertz CT molecular complexity index is 686. The van der Waals surface area contributed by atoms with E-state index in [2.05, 4.69) is 6.92 Å². The van der Waals surface area contributed by atoms with Crippen molar-refractivity contribution in [3.8, 4) is 0 Å². The van der Waals surface area contributed by atoms with Crippen LogP contribution in [-0.4, -0.2) is 11.1 Å². The highest BCUT2D eigenvalue weighted by molar-refractivity contribution is 5.82. The summed E-state index contributed by atoms with van der Waals surface area (Å²) >= 11 is 0. The van der Waals surface area contributed by atoms with Crippen molar-refractivity contribution in [2.75, 3.05) is 0 Å². The van der Waals surface area contributed by atoms with Crippen LogP contribution in [0.3, 0.4) is 0 Å². The van der Waals surface area contributed by atoms with Gasteiger partial charge in [-0.15, -0.1) is 0 Å². The standard InChI is InChI=1S/C15H18O2.C8H8O/c1-2-3-4-8-11-15(16)17-13-12-14-9-6-5-7-10-14;9-7-6-8-4-2-1-3-5-8/h5-13H,2-4H2,1H3;1-7,9H. The second-order valence-electron chi connectivity index (χ2n) is 5.42. The Kier molecular flexibility index (Phi) is 11.5. The fourth-order valence-electron chi connectivity index (χ4n) is 1.93. The summed E-state index contributed by atoms with van der Waals surface area (Å²) in [4.78, 5) is 11.2. The molecule has 0 aromatic heterocycles. The van der Waals surface area contributed by atoms with E-state index in [-0.39, 0.29) is 5.97 Å². The average molecular weight is 350 g/mol. The van der Waals surface area contributed by atoms with Crippen LogP contribution in [0.25, 0.3) is 12.2 Å². The first-order valence-corrected chi connectivity index (χ1v) is 8.70. The van der Waals surface area contributed by atoms with Crippen molar-refractivity contribution in [2.45, 2.75) is 26.2 Å². The Labute approximate surface area is 156 Å². The summed E-state index contributed by atoms with van der Waals surface area (Å²) in [6, 6.07) is 19.3. The minimum absolute atomic E-state index is 0.326. The van der Waals surface area contributed by atoms with Crippen molar-refractivity contribution < 1.29 is 14.6 Å². The van der Waals surface area contributed by atoms with Crippen LogP contribution < -0.4 is 0 Å². The number of carbonyl (C=O) groups is 1. The molecule has 0 radical (unpaired) electrons. The van der Waals surface area contributed by atoms with Crippen molar-refractivity contribution in [2.24, 2.45) is 0 Å². The van der Waals surface area contributed by atoms with E-state index in [1.165, 1.54) is 12.3 Å². The molecule has 0 heterocycles. The summed E-state index contributed by atoms with van der Waals surface area (Å²) in [5.74, 6) is -0.326. The van der Waals surface area contributed by atoms with E-state index in [4.69, 9.17) is 9.84 Å². The van der Waals surface area contributed by atoms with Gasteiger partial charge in [0, 0.05) is 6.08 Å². The van der Waals surface area contributed by atoms with Crippen LogP contribution in [0.4, 0.5) is 0 Å². The molecule has 0 aliphatic rings. The topological polar surface area (TPSA) is 46.5 Å². The van der Waals surface area contributed by atoms with Crippen molar-refractivity contribution in [1.82, 2.24) is 0 Å². The van der Waals surface area contributed by atoms with Gasteiger partial charge in [-0.1, -0.05) is 86.5 Å². The van der Waals surface area contributed by atoms with Crippen LogP contribution >= 0.6 is 0 Å². The van der Waals surface area contributed by atoms with E-state index < -0.39 is 0 Å². The second kappa shape index (κ2) is 14.3. The van der Waals surface area contributed by atoms with Crippen LogP contribution in [0.2, 0.25) is 0 Å². The molecule has 2 rings (SSSR count). The SMILES string of the molecule is CCCCC=CC(=O)OC=Cc1ccccc1.OC=Cc1ccccc1. The van der Waals surface area contributed by atoms with E-state index >= 15 is 0 Å². The summed E-state index contributed by atoms with van der Waals surface area (Å²) < 4.78 is 4.92. The number of rotatable bonds is 7. The molecule has 0 unspecified atom stereocenters. The smallest absolute Gasteiger partial charge is 0.335 e. The molecule has 0 saturated heterocycles. The maximum absolute atomic E-state index is 11.2. The van der Waals surface area contributed by atoms with Gasteiger partial charge in [-0.25, -0.2) is 4.79 Å². The lowest BCUT2D eigenvalue weighted by Gasteiger charge is -1.94. The van der Waals surface area contributed by atoms with Gasteiger partial charge in [-0.3, -0.25) is 0 Å². The van der Waals surface area contributed by atoms with Gasteiger partial charge in [-0.05, 0) is 29.7 Å². The fraction of sp³-hybridized carbons (Fsp3) is 0.174. The first kappa shape index (κ1) is 21.0. The van der Waals surface area contributed by atoms with E-state index in [0.29, 0.717) is 0 Å². The number of aliphatic hydroxyl groups excluding tert-OH is 1. The third-order valence-electron chi connectivity index (χ3n) is 3.29. The zero-order valence-corrected chi connectivity index (χ0v) is 15.1. The van der Waals surface area contributed by atoms with E-state index in [1.807, 2.05) is 66.7 Å². The number of allylic oxidation sites excluding steroid dienone is 1. The lowest BCUT2D eigenvalue weighted by atomic mass is 10.2. The summed E-state index contributed by atoms with van der Waals surface area (Å²) in [5, 5.41) is 8.34. The highest BCUT2D eigenvalue weighted by Gasteiger charge is 1.92. The molecule has 2 aromatic rings. The quantitative estimate of drug-likeness (QED) is 0.281. The van der Waals surface area contributed by atoms with Gasteiger partial charge in [0.2, 0.25) is 0 Å². The number of aliphatic hydroxyl groups is 1. The van der Waals surface area contributed by atoms with Gasteiger partial charge in [0.05, 0.1) is 12.5 Å². The molecule has 0 atom stereocenters. The summed E-state index contributed by atoms with van der Waals surface area (Å²) in [5.41, 5.74) is 2.02. The Morgan fingerprint density at radius 2 is 1.54 bits per heavy atom. The second-order valence-corrected chi connectivity index (χ2v) is 5.42. The molecule has 0 aliphatic heterocycles. The molecular weight excluding hydrogens is 324 g/mol. The molecule has 3 heteroatoms. The van der Waals surface area contributed by atoms with Crippen LogP contribution in [0.5, 0.6) is 0 Å². The van der Waals surface area contributed by atoms with Crippen LogP contribution in [0, 0.1) is 0 Å². The molecule has 26 heavy (non-hydrogen) atoms. The molecule has 0 aliphatic carbocycles. The Balaban J connectivity index is 0.000000314. The van der Waals surface area contributed by atoms with Gasteiger partial charge in [0.15, 0.2) is 0 Å². The predicted molar refractivity (Wildman–Crippen MR) is 108 cm³/mol. The van der Waals surface area contributed by atoms with Crippen LogP contribution in [0.15, 0.2) is 85.3 Å². The highest BCUT2D eigenvalue weighted by Crippen LogP contribution is 2.01. The van der Waals surface area contributed by atoms with E-state index in [0.717, 1.165) is 36.7 Å². The van der Waals surface area contributed by atoms with Gasteiger partial charge in [-0.2, -0.15) is 0 Å². The van der Waals surface area contributed by atoms with Crippen LogP contribution in [0.1, 0.15) is 37.3 Å². The molecule has 0 bridgehead atoms. The molecule has 1 N–H and O–H groups in total. The number of ether oxygens (including phenoxy) is 1. The Morgan fingerprint density at radius 1 is 0.962 bits per heavy atom. The molecule has 2 aromatic carbocycles. The van der Waals surface area contributed by atoms with Crippen molar-refractivity contribution >= 4 is 18.1 Å². The summed E-state index contributed by atoms with van der Waals surface area (Å²) in [6.07, 6.45) is 12.3. The maximum atomic E-state index is 11.2. The van der Waals surface area contributed by atoms with Crippen LogP contribution in [-0.2, 0) is 9.53 Å². The Hall–Kier alpha value is -3.07. The number of hydrogen-bond acceptors (Lipinski definition) is 3. The van der Waals surface area contributed by atoms with Gasteiger partial charge in [0.25, 0.3) is 0 Å². The molecule has 0 saturated carbocycles. The zero-order chi connectivity index (χ0) is 18.9. The van der Waals surface area contributed by atoms with Gasteiger partial charge < -0.3 is 9.84 Å². The molecule has 0 fully saturated rings. The van der Waals surface area contributed by atoms with Gasteiger partial charge >= 0.3 is 5.97 Å². The van der Waals surface area contributed by atoms with Gasteiger partial charge in [0.1, 0.15) is 0 Å². The summed E-state index contributed by atoms with van der Waals surface area (Å²) in [6.45, 7) is 2.12.